The van der Waals surface area contributed by atoms with Crippen molar-refractivity contribution in [2.75, 3.05) is 0 Å². The van der Waals surface area contributed by atoms with Crippen LogP contribution in [0.1, 0.15) is 30.4 Å². The maximum Gasteiger partial charge on any atom is 0.0784 e. The minimum Gasteiger partial charge on any atom is -0.276 e. The third-order valence-corrected chi connectivity index (χ3v) is 4.52. The van der Waals surface area contributed by atoms with E-state index in [1.165, 1.54) is 23.1 Å². The van der Waals surface area contributed by atoms with Crippen molar-refractivity contribution in [3.63, 3.8) is 0 Å². The third kappa shape index (κ3) is 3.04. The fourth-order valence-electron chi connectivity index (χ4n) is 3.34. The highest BCUT2D eigenvalue weighted by Gasteiger charge is 2.27. The number of rotatable bonds is 5. The van der Waals surface area contributed by atoms with Crippen molar-refractivity contribution < 1.29 is 0 Å². The summed E-state index contributed by atoms with van der Waals surface area (Å²) in [4.78, 5) is 5.04. The molecule has 0 fully saturated rings. The van der Waals surface area contributed by atoms with Crippen LogP contribution >= 0.6 is 0 Å². The Bertz CT molecular complexity index is 643. The van der Waals surface area contributed by atoms with Crippen LogP contribution in [-0.2, 0) is 6.42 Å². The van der Waals surface area contributed by atoms with Gasteiger partial charge in [-0.2, -0.15) is 0 Å². The molecule has 1 aromatic rings. The molecule has 0 radical (unpaired) electrons. The lowest BCUT2D eigenvalue weighted by Crippen LogP contribution is -2.27. The molecule has 1 heterocycles. The quantitative estimate of drug-likeness (QED) is 0.672. The number of nitrogens with zero attached hydrogens (tertiary/aromatic N) is 1. The van der Waals surface area contributed by atoms with Crippen LogP contribution in [0.4, 0.5) is 0 Å². The van der Waals surface area contributed by atoms with E-state index in [2.05, 4.69) is 55.7 Å². The van der Waals surface area contributed by atoms with Crippen molar-refractivity contribution in [1.29, 1.82) is 0 Å². The van der Waals surface area contributed by atoms with Crippen LogP contribution in [0.15, 0.2) is 78.4 Å². The minimum absolute atomic E-state index is 0.305. The molecule has 2 aliphatic rings. The highest BCUT2D eigenvalue weighted by molar-refractivity contribution is 6.09. The van der Waals surface area contributed by atoms with Gasteiger partial charge in [-0.05, 0) is 54.4 Å². The molecule has 0 aromatic heterocycles. The maximum atomic E-state index is 5.04. The first kappa shape index (κ1) is 14.8. The van der Waals surface area contributed by atoms with E-state index in [4.69, 9.17) is 4.99 Å². The van der Waals surface area contributed by atoms with E-state index < -0.39 is 0 Å². The lowest BCUT2D eigenvalue weighted by molar-refractivity contribution is 0.422. The van der Waals surface area contributed by atoms with Crippen LogP contribution in [0.3, 0.4) is 0 Å². The lowest BCUT2D eigenvalue weighted by Gasteiger charge is -2.30. The van der Waals surface area contributed by atoms with E-state index in [1.807, 2.05) is 12.2 Å². The molecule has 22 heavy (non-hydrogen) atoms. The zero-order chi connectivity index (χ0) is 15.4. The second kappa shape index (κ2) is 6.74. The normalized spacial score (nSPS) is 23.3. The van der Waals surface area contributed by atoms with Crippen molar-refractivity contribution in [3.8, 4) is 0 Å². The summed E-state index contributed by atoms with van der Waals surface area (Å²) in [5.41, 5.74) is 4.97. The summed E-state index contributed by atoms with van der Waals surface area (Å²) in [5.74, 6) is 0.595. The molecule has 0 spiro atoms. The smallest absolute Gasteiger partial charge is 0.0784 e. The van der Waals surface area contributed by atoms with Crippen LogP contribution < -0.4 is 0 Å². The summed E-state index contributed by atoms with van der Waals surface area (Å²) >= 11 is 0. The van der Waals surface area contributed by atoms with Gasteiger partial charge in [-0.15, -0.1) is 13.2 Å². The third-order valence-electron chi connectivity index (χ3n) is 4.52. The van der Waals surface area contributed by atoms with Gasteiger partial charge in [0.2, 0.25) is 0 Å². The van der Waals surface area contributed by atoms with Crippen molar-refractivity contribution in [2.45, 2.75) is 31.7 Å². The molecule has 112 valence electrons. The van der Waals surface area contributed by atoms with Gasteiger partial charge in [-0.3, -0.25) is 4.99 Å². The monoisotopic (exact) mass is 289 g/mol. The Kier molecular flexibility index (Phi) is 4.53. The number of benzene rings is 1. The molecule has 3 rings (SSSR count). The van der Waals surface area contributed by atoms with Gasteiger partial charge in [0.05, 0.1) is 11.8 Å². The summed E-state index contributed by atoms with van der Waals surface area (Å²) in [6, 6.07) is 8.98. The van der Waals surface area contributed by atoms with E-state index in [9.17, 15) is 0 Å². The number of hydrogen-bond donors (Lipinski definition) is 0. The van der Waals surface area contributed by atoms with Gasteiger partial charge in [0.25, 0.3) is 0 Å². The molecule has 0 saturated carbocycles. The molecular weight excluding hydrogens is 266 g/mol. The molecule has 0 N–H and O–H groups in total. The average Bonchev–Trinajstić information content (AvgIpc) is 2.56. The van der Waals surface area contributed by atoms with Gasteiger partial charge >= 0.3 is 0 Å². The first-order valence-corrected chi connectivity index (χ1v) is 8.09. The second-order valence-corrected chi connectivity index (χ2v) is 6.05. The SMILES string of the molecule is C=CCc1ccc(C2=NC3C(=CCCC3CC=C)C=C2)cc1. The van der Waals surface area contributed by atoms with Crippen LogP contribution in [0.25, 0.3) is 0 Å². The Balaban J connectivity index is 1.86. The Labute approximate surface area is 133 Å². The molecule has 0 saturated heterocycles. The maximum absolute atomic E-state index is 5.04. The van der Waals surface area contributed by atoms with E-state index in [0.717, 1.165) is 25.0 Å². The van der Waals surface area contributed by atoms with Crippen LogP contribution in [0.2, 0.25) is 0 Å². The number of dihydropyridines is 1. The van der Waals surface area contributed by atoms with Crippen molar-refractivity contribution in [2.24, 2.45) is 10.9 Å². The predicted molar refractivity (Wildman–Crippen MR) is 95.4 cm³/mol. The Morgan fingerprint density at radius 3 is 2.64 bits per heavy atom. The molecule has 0 amide bonds. The zero-order valence-electron chi connectivity index (χ0n) is 13.0. The highest BCUT2D eigenvalue weighted by atomic mass is 14.8. The number of hydrogen-bond acceptors (Lipinski definition) is 1. The first-order valence-electron chi connectivity index (χ1n) is 8.09. The molecule has 1 heteroatoms. The van der Waals surface area contributed by atoms with Crippen molar-refractivity contribution in [3.05, 3.63) is 84.5 Å². The molecule has 2 atom stereocenters. The van der Waals surface area contributed by atoms with Gasteiger partial charge in [-0.25, -0.2) is 0 Å². The summed E-state index contributed by atoms with van der Waals surface area (Å²) in [7, 11) is 0. The fraction of sp³-hybridized carbons (Fsp3) is 0.286. The van der Waals surface area contributed by atoms with Crippen molar-refractivity contribution in [1.82, 2.24) is 0 Å². The lowest BCUT2D eigenvalue weighted by atomic mass is 9.80. The van der Waals surface area contributed by atoms with Crippen molar-refractivity contribution >= 4 is 5.71 Å². The molecule has 1 aromatic carbocycles. The van der Waals surface area contributed by atoms with Crippen LogP contribution in [0.5, 0.6) is 0 Å². The van der Waals surface area contributed by atoms with E-state index in [-0.39, 0.29) is 0 Å². The summed E-state index contributed by atoms with van der Waals surface area (Å²) in [6.07, 6.45) is 15.1. The van der Waals surface area contributed by atoms with Crippen LogP contribution in [-0.4, -0.2) is 11.8 Å². The van der Waals surface area contributed by atoms with E-state index >= 15 is 0 Å². The molecule has 1 nitrogen and oxygen atoms in total. The summed E-state index contributed by atoms with van der Waals surface area (Å²) < 4.78 is 0. The van der Waals surface area contributed by atoms with E-state index in [1.54, 1.807) is 0 Å². The number of allylic oxidation sites excluding steroid dienone is 4. The van der Waals surface area contributed by atoms with Gasteiger partial charge in [-0.1, -0.05) is 48.6 Å². The number of aliphatic imine (C=N–C) groups is 1. The Morgan fingerprint density at radius 2 is 1.91 bits per heavy atom. The first-order chi connectivity index (χ1) is 10.8. The molecular formula is C21H23N. The molecule has 2 unspecified atom stereocenters. The largest absolute Gasteiger partial charge is 0.276 e. The minimum atomic E-state index is 0.305. The summed E-state index contributed by atoms with van der Waals surface area (Å²) in [5, 5.41) is 0. The fourth-order valence-corrected chi connectivity index (χ4v) is 3.34. The standard InChI is InChI=1S/C21H23N/c1-3-6-16-10-12-17(13-11-16)20-15-14-19-9-5-8-18(7-4-2)21(19)22-20/h3-4,9-15,18,21H,1-2,5-8H2. The van der Waals surface area contributed by atoms with Gasteiger partial charge < -0.3 is 0 Å². The summed E-state index contributed by atoms with van der Waals surface area (Å²) in [6.45, 7) is 7.69. The second-order valence-electron chi connectivity index (χ2n) is 6.05. The zero-order valence-corrected chi connectivity index (χ0v) is 13.0. The molecule has 1 aliphatic carbocycles. The predicted octanol–water partition coefficient (Wildman–Crippen LogP) is 5.06. The average molecular weight is 289 g/mol. The molecule has 1 aliphatic heterocycles. The Morgan fingerprint density at radius 1 is 1.09 bits per heavy atom. The van der Waals surface area contributed by atoms with Crippen LogP contribution in [0, 0.1) is 5.92 Å². The topological polar surface area (TPSA) is 12.4 Å². The highest BCUT2D eigenvalue weighted by Crippen LogP contribution is 2.33. The van der Waals surface area contributed by atoms with Gasteiger partial charge in [0.15, 0.2) is 0 Å². The van der Waals surface area contributed by atoms with Gasteiger partial charge in [0, 0.05) is 0 Å². The number of fused-ring (bicyclic) bond motifs is 1. The molecule has 0 bridgehead atoms. The Hall–Kier alpha value is -2.15. The van der Waals surface area contributed by atoms with E-state index in [0.29, 0.717) is 12.0 Å². The van der Waals surface area contributed by atoms with Gasteiger partial charge in [0.1, 0.15) is 0 Å².